The molecule has 0 atom stereocenters. The van der Waals surface area contributed by atoms with Gasteiger partial charge in [-0.2, -0.15) is 13.2 Å². The topological polar surface area (TPSA) is 41.1 Å². The van der Waals surface area contributed by atoms with E-state index in [0.29, 0.717) is 5.69 Å². The fourth-order valence-electron chi connectivity index (χ4n) is 1.37. The van der Waals surface area contributed by atoms with Gasteiger partial charge in [-0.3, -0.25) is 4.79 Å². The fourth-order valence-corrected chi connectivity index (χ4v) is 1.85. The molecule has 1 amide bonds. The lowest BCUT2D eigenvalue weighted by atomic mass is 10.2. The quantitative estimate of drug-likeness (QED) is 0.792. The van der Waals surface area contributed by atoms with Crippen LogP contribution in [0.1, 0.15) is 5.56 Å². The van der Waals surface area contributed by atoms with Crippen molar-refractivity contribution in [3.8, 4) is 0 Å². The van der Waals surface area contributed by atoms with E-state index in [0.717, 1.165) is 5.56 Å². The highest BCUT2D eigenvalue weighted by Crippen LogP contribution is 2.29. The number of alkyl halides is 3. The molecule has 0 saturated carbocycles. The van der Waals surface area contributed by atoms with Gasteiger partial charge in [-0.05, 0) is 36.4 Å². The smallest absolute Gasteiger partial charge is 0.325 e. The first-order chi connectivity index (χ1) is 8.87. The van der Waals surface area contributed by atoms with E-state index in [1.54, 1.807) is 6.07 Å². The first-order valence-electron chi connectivity index (χ1n) is 5.65. The maximum Gasteiger partial charge on any atom is 0.441 e. The van der Waals surface area contributed by atoms with Crippen molar-refractivity contribution in [2.24, 2.45) is 0 Å². The van der Waals surface area contributed by atoms with Gasteiger partial charge in [0.2, 0.25) is 5.91 Å². The normalized spacial score (nSPS) is 11.4. The lowest BCUT2D eigenvalue weighted by molar-refractivity contribution is -0.115. The third-order valence-electron chi connectivity index (χ3n) is 2.13. The van der Waals surface area contributed by atoms with Gasteiger partial charge in [-0.15, -0.1) is 0 Å². The molecule has 1 rings (SSSR count). The Morgan fingerprint density at radius 2 is 2.11 bits per heavy atom. The molecule has 0 heterocycles. The summed E-state index contributed by atoms with van der Waals surface area (Å²) in [5.41, 5.74) is -2.52. The molecule has 0 aliphatic carbocycles. The number of rotatable bonds is 6. The predicted molar refractivity (Wildman–Crippen MR) is 71.2 cm³/mol. The van der Waals surface area contributed by atoms with Crippen LogP contribution in [-0.4, -0.2) is 30.3 Å². The molecule has 106 valence electrons. The van der Waals surface area contributed by atoms with Crippen molar-refractivity contribution in [3.05, 3.63) is 29.8 Å². The SMILES string of the molecule is Cc1cccc(NC(=O)CNCCSC(F)(F)F)c1. The summed E-state index contributed by atoms with van der Waals surface area (Å²) in [5.74, 6) is -0.385. The van der Waals surface area contributed by atoms with Gasteiger partial charge in [0.1, 0.15) is 0 Å². The summed E-state index contributed by atoms with van der Waals surface area (Å²) in [6, 6.07) is 7.29. The Hall–Kier alpha value is -1.21. The van der Waals surface area contributed by atoms with Crippen LogP contribution in [0.4, 0.5) is 18.9 Å². The second-order valence-electron chi connectivity index (χ2n) is 3.89. The first-order valence-corrected chi connectivity index (χ1v) is 6.63. The Bertz CT molecular complexity index is 424. The van der Waals surface area contributed by atoms with E-state index >= 15 is 0 Å². The minimum absolute atomic E-state index is 0.00758. The van der Waals surface area contributed by atoms with Crippen molar-refractivity contribution >= 4 is 23.4 Å². The molecule has 0 unspecified atom stereocenters. The van der Waals surface area contributed by atoms with Crippen LogP contribution >= 0.6 is 11.8 Å². The van der Waals surface area contributed by atoms with Gasteiger partial charge in [0.05, 0.1) is 6.54 Å². The van der Waals surface area contributed by atoms with Crippen LogP contribution < -0.4 is 10.6 Å². The highest BCUT2D eigenvalue weighted by molar-refractivity contribution is 8.00. The highest BCUT2D eigenvalue weighted by Gasteiger charge is 2.27. The number of hydrogen-bond donors (Lipinski definition) is 2. The molecule has 0 saturated heterocycles. The van der Waals surface area contributed by atoms with Crippen LogP contribution in [0.25, 0.3) is 0 Å². The Labute approximate surface area is 114 Å². The zero-order valence-electron chi connectivity index (χ0n) is 10.4. The molecule has 0 aliphatic heterocycles. The highest BCUT2D eigenvalue weighted by atomic mass is 32.2. The molecule has 0 radical (unpaired) electrons. The van der Waals surface area contributed by atoms with Gasteiger partial charge in [0, 0.05) is 18.0 Å². The van der Waals surface area contributed by atoms with Crippen molar-refractivity contribution in [2.45, 2.75) is 12.4 Å². The Kier molecular flexibility index (Phi) is 6.17. The Balaban J connectivity index is 2.18. The summed E-state index contributed by atoms with van der Waals surface area (Å²) in [6.07, 6.45) is 0. The van der Waals surface area contributed by atoms with Gasteiger partial charge in [0.25, 0.3) is 0 Å². The van der Waals surface area contributed by atoms with Gasteiger partial charge in [-0.1, -0.05) is 12.1 Å². The average Bonchev–Trinajstić information content (AvgIpc) is 2.26. The summed E-state index contributed by atoms with van der Waals surface area (Å²) in [7, 11) is 0. The van der Waals surface area contributed by atoms with Crippen LogP contribution in [0.2, 0.25) is 0 Å². The maximum atomic E-state index is 11.8. The third kappa shape index (κ3) is 7.74. The van der Waals surface area contributed by atoms with E-state index in [2.05, 4.69) is 10.6 Å². The number of benzene rings is 1. The molecular formula is C12H15F3N2OS. The number of carbonyl (C=O) groups is 1. The van der Waals surface area contributed by atoms with E-state index in [1.165, 1.54) is 0 Å². The van der Waals surface area contributed by atoms with E-state index in [9.17, 15) is 18.0 Å². The third-order valence-corrected chi connectivity index (χ3v) is 2.87. The summed E-state index contributed by atoms with van der Waals surface area (Å²) in [4.78, 5) is 11.5. The summed E-state index contributed by atoms with van der Waals surface area (Å²) in [5, 5.41) is 5.32. The van der Waals surface area contributed by atoms with Crippen LogP contribution in [0.3, 0.4) is 0 Å². The van der Waals surface area contributed by atoms with Gasteiger partial charge in [-0.25, -0.2) is 0 Å². The molecule has 0 bridgehead atoms. The van der Waals surface area contributed by atoms with E-state index < -0.39 is 5.51 Å². The number of anilines is 1. The van der Waals surface area contributed by atoms with Gasteiger partial charge < -0.3 is 10.6 Å². The van der Waals surface area contributed by atoms with Crippen LogP contribution in [0.5, 0.6) is 0 Å². The second kappa shape index (κ2) is 7.40. The molecule has 1 aromatic carbocycles. The van der Waals surface area contributed by atoms with Crippen LogP contribution in [0.15, 0.2) is 24.3 Å². The Morgan fingerprint density at radius 3 is 2.74 bits per heavy atom. The maximum absolute atomic E-state index is 11.8. The minimum Gasteiger partial charge on any atom is -0.325 e. The summed E-state index contributed by atoms with van der Waals surface area (Å²) < 4.78 is 35.5. The van der Waals surface area contributed by atoms with Crippen molar-refractivity contribution in [3.63, 3.8) is 0 Å². The van der Waals surface area contributed by atoms with Crippen molar-refractivity contribution < 1.29 is 18.0 Å². The van der Waals surface area contributed by atoms with Crippen molar-refractivity contribution in [1.29, 1.82) is 0 Å². The number of amides is 1. The zero-order chi connectivity index (χ0) is 14.3. The first kappa shape index (κ1) is 15.8. The average molecular weight is 292 g/mol. The molecule has 0 spiro atoms. The second-order valence-corrected chi connectivity index (χ2v) is 5.05. The molecule has 3 nitrogen and oxygen atoms in total. The molecule has 2 N–H and O–H groups in total. The molecule has 0 fully saturated rings. The largest absolute Gasteiger partial charge is 0.441 e. The standard InChI is InChI=1S/C12H15F3N2OS/c1-9-3-2-4-10(7-9)17-11(18)8-16-5-6-19-12(13,14)15/h2-4,7,16H,5-6,8H2,1H3,(H,17,18). The number of halogens is 3. The van der Waals surface area contributed by atoms with Gasteiger partial charge in [0.15, 0.2) is 0 Å². The fraction of sp³-hybridized carbons (Fsp3) is 0.417. The van der Waals surface area contributed by atoms with Gasteiger partial charge >= 0.3 is 5.51 Å². The van der Waals surface area contributed by atoms with Crippen LogP contribution in [-0.2, 0) is 4.79 Å². The summed E-state index contributed by atoms with van der Waals surface area (Å²) in [6.45, 7) is 2.03. The van der Waals surface area contributed by atoms with Crippen LogP contribution in [0, 0.1) is 6.92 Å². The molecule has 1 aromatic rings. The number of hydrogen-bond acceptors (Lipinski definition) is 3. The number of carbonyl (C=O) groups excluding carboxylic acids is 1. The lowest BCUT2D eigenvalue weighted by Crippen LogP contribution is -2.30. The molecule has 0 aliphatic rings. The molecule has 0 aromatic heterocycles. The number of thioether (sulfide) groups is 1. The molecule has 7 heteroatoms. The number of nitrogens with one attached hydrogen (secondary N) is 2. The van der Waals surface area contributed by atoms with E-state index in [4.69, 9.17) is 0 Å². The Morgan fingerprint density at radius 1 is 1.37 bits per heavy atom. The van der Waals surface area contributed by atoms with E-state index in [-0.39, 0.29) is 36.5 Å². The van der Waals surface area contributed by atoms with E-state index in [1.807, 2.05) is 25.1 Å². The lowest BCUT2D eigenvalue weighted by Gasteiger charge is -2.08. The number of aryl methyl sites for hydroxylation is 1. The van der Waals surface area contributed by atoms with Crippen molar-refractivity contribution in [2.75, 3.05) is 24.2 Å². The predicted octanol–water partition coefficient (Wildman–Crippen LogP) is 2.78. The molecular weight excluding hydrogens is 277 g/mol. The molecule has 19 heavy (non-hydrogen) atoms. The monoisotopic (exact) mass is 292 g/mol. The zero-order valence-corrected chi connectivity index (χ0v) is 11.2. The summed E-state index contributed by atoms with van der Waals surface area (Å²) >= 11 is -0.103. The van der Waals surface area contributed by atoms with Crippen molar-refractivity contribution in [1.82, 2.24) is 5.32 Å². The minimum atomic E-state index is -4.22.